The number of ether oxygens (including phenoxy) is 1. The van der Waals surface area contributed by atoms with Crippen molar-refractivity contribution in [2.24, 2.45) is 5.92 Å². The summed E-state index contributed by atoms with van der Waals surface area (Å²) in [5, 5.41) is 8.89. The lowest BCUT2D eigenvalue weighted by molar-refractivity contribution is -0.141. The second-order valence-corrected chi connectivity index (χ2v) is 4.69. The van der Waals surface area contributed by atoms with E-state index in [0.29, 0.717) is 19.8 Å². The first-order chi connectivity index (χ1) is 8.47. The molecule has 104 valence electrons. The summed E-state index contributed by atoms with van der Waals surface area (Å²) in [7, 11) is 1.75. The number of likely N-dealkylation sites (N-methyl/N-ethyl adjacent to an activating group) is 1. The smallest absolute Gasteiger partial charge is 0.320 e. The van der Waals surface area contributed by atoms with Crippen molar-refractivity contribution >= 4 is 12.0 Å². The van der Waals surface area contributed by atoms with E-state index in [9.17, 15) is 9.59 Å². The Kier molecular flexibility index (Phi) is 5.40. The largest absolute Gasteiger partial charge is 0.481 e. The van der Waals surface area contributed by atoms with Gasteiger partial charge < -0.3 is 19.6 Å². The molecule has 0 aromatic carbocycles. The Morgan fingerprint density at radius 2 is 2.17 bits per heavy atom. The highest BCUT2D eigenvalue weighted by molar-refractivity contribution is 5.76. The average Bonchev–Trinajstić information content (AvgIpc) is 2.87. The molecule has 2 atom stereocenters. The average molecular weight is 258 g/mol. The van der Waals surface area contributed by atoms with E-state index >= 15 is 0 Å². The topological polar surface area (TPSA) is 70.1 Å². The Balaban J connectivity index is 2.57. The number of carbonyl (C=O) groups is 2. The van der Waals surface area contributed by atoms with Gasteiger partial charge in [0.25, 0.3) is 0 Å². The summed E-state index contributed by atoms with van der Waals surface area (Å²) < 4.78 is 5.25. The highest BCUT2D eigenvalue weighted by Gasteiger charge is 2.28. The van der Waals surface area contributed by atoms with Gasteiger partial charge >= 0.3 is 12.0 Å². The Morgan fingerprint density at radius 3 is 2.61 bits per heavy atom. The third kappa shape index (κ3) is 3.60. The molecule has 1 rings (SSSR count). The molecule has 0 bridgehead atoms. The Hall–Kier alpha value is -1.30. The van der Waals surface area contributed by atoms with Crippen LogP contribution in [0.15, 0.2) is 0 Å². The maximum Gasteiger partial charge on any atom is 0.320 e. The normalized spacial score (nSPS) is 20.5. The number of rotatable bonds is 5. The minimum atomic E-state index is -0.881. The van der Waals surface area contributed by atoms with Gasteiger partial charge in [0, 0.05) is 26.7 Å². The van der Waals surface area contributed by atoms with Crippen LogP contribution >= 0.6 is 0 Å². The lowest BCUT2D eigenvalue weighted by Gasteiger charge is -2.31. The summed E-state index contributed by atoms with van der Waals surface area (Å²) in [6.45, 7) is 5.45. The van der Waals surface area contributed by atoms with E-state index in [1.165, 1.54) is 0 Å². The molecule has 2 amide bonds. The van der Waals surface area contributed by atoms with Crippen LogP contribution in [0.3, 0.4) is 0 Å². The molecule has 1 fully saturated rings. The standard InChI is InChI=1S/C12H22N2O4/c1-4-14(7-9(2)11(15)16)12(17)13(3)10-5-6-18-8-10/h9-10H,4-8H2,1-3H3,(H,15,16). The molecule has 0 spiro atoms. The Labute approximate surface area is 107 Å². The monoisotopic (exact) mass is 258 g/mol. The van der Waals surface area contributed by atoms with Crippen LogP contribution in [0.2, 0.25) is 0 Å². The van der Waals surface area contributed by atoms with Crippen LogP contribution in [0.25, 0.3) is 0 Å². The molecule has 0 radical (unpaired) electrons. The fourth-order valence-electron chi connectivity index (χ4n) is 1.96. The minimum Gasteiger partial charge on any atom is -0.481 e. The van der Waals surface area contributed by atoms with Crippen molar-refractivity contribution in [2.45, 2.75) is 26.3 Å². The zero-order valence-corrected chi connectivity index (χ0v) is 11.3. The van der Waals surface area contributed by atoms with Crippen LogP contribution in [-0.4, -0.2) is 66.3 Å². The second-order valence-electron chi connectivity index (χ2n) is 4.69. The number of carboxylic acids is 1. The van der Waals surface area contributed by atoms with Crippen LogP contribution in [-0.2, 0) is 9.53 Å². The summed E-state index contributed by atoms with van der Waals surface area (Å²) in [5.74, 6) is -1.43. The third-order valence-corrected chi connectivity index (χ3v) is 3.32. The zero-order valence-electron chi connectivity index (χ0n) is 11.3. The number of hydrogen-bond donors (Lipinski definition) is 1. The van der Waals surface area contributed by atoms with Crippen LogP contribution < -0.4 is 0 Å². The Morgan fingerprint density at radius 1 is 1.50 bits per heavy atom. The quantitative estimate of drug-likeness (QED) is 0.794. The van der Waals surface area contributed by atoms with Crippen molar-refractivity contribution in [1.82, 2.24) is 9.80 Å². The first-order valence-electron chi connectivity index (χ1n) is 6.29. The van der Waals surface area contributed by atoms with E-state index in [-0.39, 0.29) is 18.6 Å². The molecular weight excluding hydrogens is 236 g/mol. The fraction of sp³-hybridized carbons (Fsp3) is 0.833. The van der Waals surface area contributed by atoms with Gasteiger partial charge in [-0.1, -0.05) is 6.92 Å². The van der Waals surface area contributed by atoms with Crippen molar-refractivity contribution in [3.05, 3.63) is 0 Å². The molecule has 6 nitrogen and oxygen atoms in total. The van der Waals surface area contributed by atoms with Crippen molar-refractivity contribution < 1.29 is 19.4 Å². The van der Waals surface area contributed by atoms with Crippen molar-refractivity contribution in [3.8, 4) is 0 Å². The van der Waals surface area contributed by atoms with Gasteiger partial charge in [-0.2, -0.15) is 0 Å². The van der Waals surface area contributed by atoms with Gasteiger partial charge in [0.2, 0.25) is 0 Å². The summed E-state index contributed by atoms with van der Waals surface area (Å²) >= 11 is 0. The SMILES string of the molecule is CCN(CC(C)C(=O)O)C(=O)N(C)C1CCOC1. The molecule has 1 N–H and O–H groups in total. The van der Waals surface area contributed by atoms with Crippen LogP contribution in [0.4, 0.5) is 4.79 Å². The first kappa shape index (κ1) is 14.8. The highest BCUT2D eigenvalue weighted by atomic mass is 16.5. The van der Waals surface area contributed by atoms with Gasteiger partial charge in [0.15, 0.2) is 0 Å². The van der Waals surface area contributed by atoms with E-state index in [1.54, 1.807) is 23.8 Å². The van der Waals surface area contributed by atoms with Gasteiger partial charge in [-0.25, -0.2) is 4.79 Å². The lowest BCUT2D eigenvalue weighted by atomic mass is 10.1. The molecule has 0 saturated carbocycles. The van der Waals surface area contributed by atoms with Gasteiger partial charge in [0.05, 0.1) is 18.6 Å². The molecule has 18 heavy (non-hydrogen) atoms. The van der Waals surface area contributed by atoms with E-state index < -0.39 is 11.9 Å². The lowest BCUT2D eigenvalue weighted by Crippen LogP contribution is -2.48. The second kappa shape index (κ2) is 6.58. The molecule has 1 heterocycles. The minimum absolute atomic E-state index is 0.103. The maximum absolute atomic E-state index is 12.2. The number of carboxylic acid groups (broad SMARTS) is 1. The molecule has 0 aliphatic carbocycles. The van der Waals surface area contributed by atoms with E-state index in [2.05, 4.69) is 0 Å². The van der Waals surface area contributed by atoms with Gasteiger partial charge in [0.1, 0.15) is 0 Å². The summed E-state index contributed by atoms with van der Waals surface area (Å²) in [6.07, 6.45) is 0.842. The number of carbonyl (C=O) groups excluding carboxylic acids is 1. The maximum atomic E-state index is 12.2. The van der Waals surface area contributed by atoms with E-state index in [1.807, 2.05) is 6.92 Å². The number of amides is 2. The zero-order chi connectivity index (χ0) is 13.7. The highest BCUT2D eigenvalue weighted by Crippen LogP contribution is 2.13. The van der Waals surface area contributed by atoms with E-state index in [4.69, 9.17) is 9.84 Å². The fourth-order valence-corrected chi connectivity index (χ4v) is 1.96. The molecule has 1 aliphatic heterocycles. The third-order valence-electron chi connectivity index (χ3n) is 3.32. The molecule has 0 aromatic heterocycles. The number of nitrogens with zero attached hydrogens (tertiary/aromatic N) is 2. The molecule has 2 unspecified atom stereocenters. The predicted octanol–water partition coefficient (Wildman–Crippen LogP) is 0.870. The number of aliphatic carboxylic acids is 1. The van der Waals surface area contributed by atoms with E-state index in [0.717, 1.165) is 6.42 Å². The molecule has 0 aromatic rings. The van der Waals surface area contributed by atoms with Crippen LogP contribution in [0.5, 0.6) is 0 Å². The predicted molar refractivity (Wildman–Crippen MR) is 66.4 cm³/mol. The van der Waals surface area contributed by atoms with Crippen molar-refractivity contribution in [2.75, 3.05) is 33.4 Å². The number of hydrogen-bond acceptors (Lipinski definition) is 3. The molecule has 1 saturated heterocycles. The molecule has 1 aliphatic rings. The summed E-state index contributed by atoms with van der Waals surface area (Å²) in [4.78, 5) is 26.3. The van der Waals surface area contributed by atoms with Crippen molar-refractivity contribution in [3.63, 3.8) is 0 Å². The first-order valence-corrected chi connectivity index (χ1v) is 6.29. The van der Waals surface area contributed by atoms with Gasteiger partial charge in [-0.05, 0) is 13.3 Å². The molecular formula is C12H22N2O4. The Bertz CT molecular complexity index is 302. The molecule has 6 heteroatoms. The van der Waals surface area contributed by atoms with Gasteiger partial charge in [-0.15, -0.1) is 0 Å². The number of urea groups is 1. The van der Waals surface area contributed by atoms with Gasteiger partial charge in [-0.3, -0.25) is 4.79 Å². The van der Waals surface area contributed by atoms with Crippen LogP contribution in [0, 0.1) is 5.92 Å². The van der Waals surface area contributed by atoms with Crippen molar-refractivity contribution in [1.29, 1.82) is 0 Å². The summed E-state index contributed by atoms with van der Waals surface area (Å²) in [5.41, 5.74) is 0. The summed E-state index contributed by atoms with van der Waals surface area (Å²) in [6, 6.07) is -0.0206. The van der Waals surface area contributed by atoms with Crippen LogP contribution in [0.1, 0.15) is 20.3 Å².